The van der Waals surface area contributed by atoms with E-state index in [0.29, 0.717) is 0 Å². The summed E-state index contributed by atoms with van der Waals surface area (Å²) in [7, 11) is 1.95. The third kappa shape index (κ3) is 7.40. The van der Waals surface area contributed by atoms with Crippen LogP contribution in [-0.2, 0) is 28.8 Å². The molecular weight excluding hydrogens is 616 g/mol. The van der Waals surface area contributed by atoms with Crippen LogP contribution < -0.4 is 20.4 Å². The summed E-state index contributed by atoms with van der Waals surface area (Å²) in [4.78, 5) is 97.8. The Labute approximate surface area is 256 Å². The second-order valence-electron chi connectivity index (χ2n) is 9.08. The summed E-state index contributed by atoms with van der Waals surface area (Å²) < 4.78 is 0. The fraction of sp³-hybridized carbons (Fsp3) is 0.143. The molecule has 0 aliphatic carbocycles. The molecule has 16 heteroatoms. The van der Waals surface area contributed by atoms with Gasteiger partial charge in [-0.1, -0.05) is 21.6 Å². The van der Waals surface area contributed by atoms with Crippen molar-refractivity contribution in [3.63, 3.8) is 0 Å². The van der Waals surface area contributed by atoms with Gasteiger partial charge >= 0.3 is 11.9 Å². The molecule has 44 heavy (non-hydrogen) atoms. The number of nitrogens with one attached hydrogen (secondary N) is 2. The van der Waals surface area contributed by atoms with E-state index in [1.54, 1.807) is 0 Å². The molecule has 0 saturated heterocycles. The van der Waals surface area contributed by atoms with Crippen LogP contribution in [-0.4, -0.2) is 81.2 Å². The van der Waals surface area contributed by atoms with Crippen LogP contribution in [0.2, 0.25) is 0 Å². The number of benzene rings is 2. The summed E-state index contributed by atoms with van der Waals surface area (Å²) in [6.07, 6.45) is 4.46. The fourth-order valence-electron chi connectivity index (χ4n) is 3.90. The number of carbonyl (C=O) groups excluding carboxylic acids is 6. The number of aliphatic carboxylic acids is 2. The van der Waals surface area contributed by atoms with E-state index in [-0.39, 0.29) is 34.0 Å². The Morgan fingerprint density at radius 3 is 1.14 bits per heavy atom. The van der Waals surface area contributed by atoms with Crippen molar-refractivity contribution in [3.8, 4) is 0 Å². The van der Waals surface area contributed by atoms with Gasteiger partial charge in [0.2, 0.25) is 0 Å². The maximum atomic E-state index is 12.6. The standard InChI is InChI=1S/C28H22N4O10S2/c33-21-9-10-22(34)31(21)17-5-1-15(2-6-17)25(37)29-19(27(39)40)13-43-44-14-20(28(41)42)30-26(38)16-3-7-18(8-4-16)32-23(35)11-12-24(32)36/h1-12,19-20H,13-14H2,(H,29,37)(H,30,38)(H,39,40)(H,41,42)/t19-,20-/m0/s1. The first-order chi connectivity index (χ1) is 21.0. The summed E-state index contributed by atoms with van der Waals surface area (Å²) in [5.41, 5.74) is 0.657. The average molecular weight is 639 g/mol. The molecular formula is C28H22N4O10S2. The molecule has 2 aromatic rings. The van der Waals surface area contributed by atoms with Crippen molar-refractivity contribution in [3.05, 3.63) is 84.0 Å². The fourth-order valence-corrected chi connectivity index (χ4v) is 6.21. The minimum absolute atomic E-state index is 0.0849. The number of carbonyl (C=O) groups is 8. The minimum atomic E-state index is -1.34. The number of nitrogens with zero attached hydrogens (tertiary/aromatic N) is 2. The van der Waals surface area contributed by atoms with Crippen LogP contribution in [0.5, 0.6) is 0 Å². The lowest BCUT2D eigenvalue weighted by molar-refractivity contribution is -0.139. The summed E-state index contributed by atoms with van der Waals surface area (Å²) in [6.45, 7) is 0. The molecule has 0 saturated carbocycles. The minimum Gasteiger partial charge on any atom is -0.480 e. The summed E-state index contributed by atoms with van der Waals surface area (Å²) in [5.74, 6) is -6.50. The molecule has 2 aromatic carbocycles. The number of hydrogen-bond acceptors (Lipinski definition) is 10. The zero-order valence-electron chi connectivity index (χ0n) is 22.4. The molecule has 6 amide bonds. The number of amides is 6. The largest absolute Gasteiger partial charge is 0.480 e. The lowest BCUT2D eigenvalue weighted by Gasteiger charge is -2.17. The molecule has 2 aliphatic rings. The first-order valence-electron chi connectivity index (χ1n) is 12.6. The molecule has 4 rings (SSSR count). The van der Waals surface area contributed by atoms with E-state index in [1.165, 1.54) is 48.5 Å². The van der Waals surface area contributed by atoms with Crippen LogP contribution in [0, 0.1) is 0 Å². The molecule has 14 nitrogen and oxygen atoms in total. The van der Waals surface area contributed by atoms with E-state index in [2.05, 4.69) is 10.6 Å². The average Bonchev–Trinajstić information content (AvgIpc) is 3.52. The smallest absolute Gasteiger partial charge is 0.327 e. The number of carboxylic acid groups (broad SMARTS) is 2. The predicted molar refractivity (Wildman–Crippen MR) is 159 cm³/mol. The van der Waals surface area contributed by atoms with Gasteiger partial charge in [-0.2, -0.15) is 0 Å². The lowest BCUT2D eigenvalue weighted by atomic mass is 10.1. The number of carboxylic acids is 2. The molecule has 0 aromatic heterocycles. The van der Waals surface area contributed by atoms with E-state index in [9.17, 15) is 48.6 Å². The first kappa shape index (κ1) is 31.7. The number of anilines is 2. The SMILES string of the molecule is O=C(N[C@@H](CSSC[C@H](NC(=O)c1ccc(N2C(=O)C=CC2=O)cc1)C(=O)O)C(=O)O)c1ccc(N2C(=O)C=CC2=O)cc1. The second kappa shape index (κ2) is 13.8. The van der Waals surface area contributed by atoms with Crippen molar-refractivity contribution in [2.75, 3.05) is 21.3 Å². The molecule has 2 heterocycles. The van der Waals surface area contributed by atoms with E-state index >= 15 is 0 Å². The van der Waals surface area contributed by atoms with Gasteiger partial charge in [0.1, 0.15) is 12.1 Å². The van der Waals surface area contributed by atoms with Crippen molar-refractivity contribution in [2.24, 2.45) is 0 Å². The monoisotopic (exact) mass is 638 g/mol. The first-order valence-corrected chi connectivity index (χ1v) is 15.1. The van der Waals surface area contributed by atoms with Gasteiger partial charge in [0.15, 0.2) is 0 Å². The van der Waals surface area contributed by atoms with Gasteiger partial charge in [-0.3, -0.25) is 28.8 Å². The highest BCUT2D eigenvalue weighted by molar-refractivity contribution is 8.76. The molecule has 2 atom stereocenters. The maximum absolute atomic E-state index is 12.6. The van der Waals surface area contributed by atoms with Crippen LogP contribution >= 0.6 is 21.6 Å². The number of hydrogen-bond donors (Lipinski definition) is 4. The second-order valence-corrected chi connectivity index (χ2v) is 11.6. The Morgan fingerprint density at radius 2 is 0.864 bits per heavy atom. The van der Waals surface area contributed by atoms with Crippen molar-refractivity contribution in [1.29, 1.82) is 0 Å². The van der Waals surface area contributed by atoms with E-state index in [0.717, 1.165) is 55.7 Å². The van der Waals surface area contributed by atoms with Crippen LogP contribution in [0.15, 0.2) is 72.8 Å². The molecule has 0 bridgehead atoms. The molecule has 0 unspecified atom stereocenters. The Hall–Kier alpha value is -5.22. The van der Waals surface area contributed by atoms with Gasteiger partial charge in [0.05, 0.1) is 11.4 Å². The summed E-state index contributed by atoms with van der Waals surface area (Å²) in [5, 5.41) is 23.8. The Balaban J connectivity index is 1.26. The zero-order valence-corrected chi connectivity index (χ0v) is 24.0. The zero-order chi connectivity index (χ0) is 32.0. The number of imide groups is 2. The van der Waals surface area contributed by atoms with Crippen LogP contribution in [0.25, 0.3) is 0 Å². The number of rotatable bonds is 13. The van der Waals surface area contributed by atoms with Crippen molar-refractivity contribution < 1.29 is 48.6 Å². The third-order valence-corrected chi connectivity index (χ3v) is 8.58. The van der Waals surface area contributed by atoms with Gasteiger partial charge in [0.25, 0.3) is 35.4 Å². The van der Waals surface area contributed by atoms with Crippen molar-refractivity contribution in [1.82, 2.24) is 10.6 Å². The van der Waals surface area contributed by atoms with Crippen LogP contribution in [0.3, 0.4) is 0 Å². The summed E-state index contributed by atoms with van der Waals surface area (Å²) in [6, 6.07) is 8.15. The predicted octanol–water partition coefficient (Wildman–Crippen LogP) is 0.993. The Bertz CT molecular complexity index is 1450. The van der Waals surface area contributed by atoms with Gasteiger partial charge in [-0.15, -0.1) is 0 Å². The third-order valence-electron chi connectivity index (χ3n) is 6.15. The van der Waals surface area contributed by atoms with E-state index in [1.807, 2.05) is 0 Å². The quantitative estimate of drug-likeness (QED) is 0.138. The summed E-state index contributed by atoms with van der Waals surface area (Å²) >= 11 is 0. The van der Waals surface area contributed by atoms with Crippen molar-refractivity contribution in [2.45, 2.75) is 12.1 Å². The van der Waals surface area contributed by atoms with Crippen molar-refractivity contribution >= 4 is 80.3 Å². The maximum Gasteiger partial charge on any atom is 0.327 e. The lowest BCUT2D eigenvalue weighted by Crippen LogP contribution is -2.43. The van der Waals surface area contributed by atoms with Crippen LogP contribution in [0.4, 0.5) is 11.4 Å². The van der Waals surface area contributed by atoms with E-state index in [4.69, 9.17) is 0 Å². The van der Waals surface area contributed by atoms with Gasteiger partial charge in [0, 0.05) is 46.9 Å². The van der Waals surface area contributed by atoms with Crippen LogP contribution in [0.1, 0.15) is 20.7 Å². The van der Waals surface area contributed by atoms with E-state index < -0.39 is 59.5 Å². The van der Waals surface area contributed by atoms with Gasteiger partial charge in [-0.25, -0.2) is 19.4 Å². The van der Waals surface area contributed by atoms with Gasteiger partial charge in [-0.05, 0) is 48.5 Å². The Morgan fingerprint density at radius 1 is 0.568 bits per heavy atom. The molecule has 2 aliphatic heterocycles. The highest BCUT2D eigenvalue weighted by atomic mass is 33.1. The van der Waals surface area contributed by atoms with Gasteiger partial charge < -0.3 is 20.8 Å². The molecule has 226 valence electrons. The highest BCUT2D eigenvalue weighted by Gasteiger charge is 2.28. The molecule has 0 radical (unpaired) electrons. The molecule has 0 spiro atoms. The molecule has 0 fully saturated rings. The Kier molecular flexibility index (Phi) is 9.97. The molecule has 4 N–H and O–H groups in total. The topological polar surface area (TPSA) is 208 Å². The normalized spacial score (nSPS) is 15.5. The highest BCUT2D eigenvalue weighted by Crippen LogP contribution is 2.24.